The maximum Gasteiger partial charge on any atom is 0.313 e. The first-order chi connectivity index (χ1) is 8.99. The van der Waals surface area contributed by atoms with E-state index in [0.717, 1.165) is 22.7 Å². The lowest BCUT2D eigenvalue weighted by atomic mass is 9.79. The molecule has 1 N–H and O–H groups in total. The van der Waals surface area contributed by atoms with Crippen LogP contribution < -0.4 is 0 Å². The van der Waals surface area contributed by atoms with Gasteiger partial charge in [-0.15, -0.1) is 0 Å². The SMILES string of the molecule is Cc1cnc(SCC(=O)O)n1C1CCC(C)C(C)C1. The van der Waals surface area contributed by atoms with Gasteiger partial charge in [0.1, 0.15) is 0 Å². The number of aromatic nitrogens is 2. The van der Waals surface area contributed by atoms with Crippen LogP contribution in [0.15, 0.2) is 11.4 Å². The summed E-state index contributed by atoms with van der Waals surface area (Å²) in [6.07, 6.45) is 5.43. The van der Waals surface area contributed by atoms with Crippen molar-refractivity contribution in [2.24, 2.45) is 11.8 Å². The number of aliphatic carboxylic acids is 1. The van der Waals surface area contributed by atoms with E-state index in [2.05, 4.69) is 30.3 Å². The number of carboxylic acids is 1. The summed E-state index contributed by atoms with van der Waals surface area (Å²) < 4.78 is 2.25. The number of hydrogen-bond donors (Lipinski definition) is 1. The molecule has 106 valence electrons. The van der Waals surface area contributed by atoms with Gasteiger partial charge in [0.15, 0.2) is 5.16 Å². The van der Waals surface area contributed by atoms with Crippen LogP contribution in [0.5, 0.6) is 0 Å². The van der Waals surface area contributed by atoms with E-state index < -0.39 is 5.97 Å². The molecule has 5 heteroatoms. The molecule has 1 aliphatic carbocycles. The van der Waals surface area contributed by atoms with Crippen LogP contribution >= 0.6 is 11.8 Å². The van der Waals surface area contributed by atoms with E-state index in [0.29, 0.717) is 6.04 Å². The predicted molar refractivity (Wildman–Crippen MR) is 76.5 cm³/mol. The first kappa shape index (κ1) is 14.4. The second-order valence-corrected chi connectivity index (χ2v) is 6.60. The number of nitrogens with zero attached hydrogens (tertiary/aromatic N) is 2. The van der Waals surface area contributed by atoms with Crippen LogP contribution in [-0.2, 0) is 4.79 Å². The summed E-state index contributed by atoms with van der Waals surface area (Å²) in [4.78, 5) is 15.1. The summed E-state index contributed by atoms with van der Waals surface area (Å²) >= 11 is 1.32. The number of aryl methyl sites for hydroxylation is 1. The minimum absolute atomic E-state index is 0.0785. The molecule has 0 radical (unpaired) electrons. The van der Waals surface area contributed by atoms with Crippen molar-refractivity contribution in [3.63, 3.8) is 0 Å². The molecule has 0 amide bonds. The Morgan fingerprint density at radius 3 is 2.84 bits per heavy atom. The molecule has 1 saturated carbocycles. The van der Waals surface area contributed by atoms with Crippen LogP contribution in [-0.4, -0.2) is 26.4 Å². The average Bonchev–Trinajstić information content (AvgIpc) is 2.71. The third-order valence-electron chi connectivity index (χ3n) is 4.21. The summed E-state index contributed by atoms with van der Waals surface area (Å²) in [5.41, 5.74) is 1.14. The van der Waals surface area contributed by atoms with E-state index >= 15 is 0 Å². The fraction of sp³-hybridized carbons (Fsp3) is 0.714. The lowest BCUT2D eigenvalue weighted by Gasteiger charge is -2.34. The standard InChI is InChI=1S/C14H22N2O2S/c1-9-4-5-12(6-10(9)2)16-11(3)7-15-14(16)19-8-13(17)18/h7,9-10,12H,4-6,8H2,1-3H3,(H,17,18). The third-order valence-corrected chi connectivity index (χ3v) is 5.16. The molecule has 1 aromatic heterocycles. The van der Waals surface area contributed by atoms with Crippen LogP contribution in [0.2, 0.25) is 0 Å². The molecule has 2 rings (SSSR count). The molecular formula is C14H22N2O2S. The lowest BCUT2D eigenvalue weighted by Crippen LogP contribution is -2.24. The Kier molecular flexibility index (Phi) is 4.55. The molecule has 1 heterocycles. The average molecular weight is 282 g/mol. The maximum absolute atomic E-state index is 10.7. The Morgan fingerprint density at radius 2 is 2.21 bits per heavy atom. The molecule has 3 atom stereocenters. The van der Waals surface area contributed by atoms with E-state index in [-0.39, 0.29) is 5.75 Å². The Labute approximate surface area is 118 Å². The minimum Gasteiger partial charge on any atom is -0.481 e. The Bertz CT molecular complexity index is 458. The molecule has 1 aromatic rings. The predicted octanol–water partition coefficient (Wildman–Crippen LogP) is 3.37. The summed E-state index contributed by atoms with van der Waals surface area (Å²) in [5, 5.41) is 9.66. The van der Waals surface area contributed by atoms with Crippen molar-refractivity contribution < 1.29 is 9.90 Å². The van der Waals surface area contributed by atoms with E-state index in [1.54, 1.807) is 0 Å². The topological polar surface area (TPSA) is 55.1 Å². The van der Waals surface area contributed by atoms with Crippen molar-refractivity contribution in [3.8, 4) is 0 Å². The van der Waals surface area contributed by atoms with Crippen LogP contribution in [0.3, 0.4) is 0 Å². The molecule has 4 nitrogen and oxygen atoms in total. The molecule has 1 aliphatic rings. The van der Waals surface area contributed by atoms with Gasteiger partial charge < -0.3 is 9.67 Å². The first-order valence-corrected chi connectivity index (χ1v) is 7.86. The molecule has 0 aromatic carbocycles. The molecule has 3 unspecified atom stereocenters. The molecule has 19 heavy (non-hydrogen) atoms. The molecule has 0 aliphatic heterocycles. The highest BCUT2D eigenvalue weighted by molar-refractivity contribution is 7.99. The van der Waals surface area contributed by atoms with Crippen molar-refractivity contribution in [1.82, 2.24) is 9.55 Å². The number of carboxylic acid groups (broad SMARTS) is 1. The summed E-state index contributed by atoms with van der Waals surface area (Å²) in [6.45, 7) is 6.69. The van der Waals surface area contributed by atoms with Gasteiger partial charge >= 0.3 is 5.97 Å². The van der Waals surface area contributed by atoms with Gasteiger partial charge in [0.25, 0.3) is 0 Å². The lowest BCUT2D eigenvalue weighted by molar-refractivity contribution is -0.133. The van der Waals surface area contributed by atoms with E-state index in [1.807, 2.05) is 6.20 Å². The van der Waals surface area contributed by atoms with Gasteiger partial charge in [-0.1, -0.05) is 25.6 Å². The van der Waals surface area contributed by atoms with Gasteiger partial charge in [-0.2, -0.15) is 0 Å². The second kappa shape index (κ2) is 5.99. The number of carbonyl (C=O) groups is 1. The fourth-order valence-corrected chi connectivity index (χ4v) is 3.67. The number of rotatable bonds is 4. The Balaban J connectivity index is 2.14. The van der Waals surface area contributed by atoms with Crippen molar-refractivity contribution >= 4 is 17.7 Å². The quantitative estimate of drug-likeness (QED) is 0.860. The monoisotopic (exact) mass is 282 g/mol. The summed E-state index contributed by atoms with van der Waals surface area (Å²) in [5.74, 6) is 0.797. The van der Waals surface area contributed by atoms with Gasteiger partial charge in [0.2, 0.25) is 0 Å². The molecule has 0 spiro atoms. The maximum atomic E-state index is 10.7. The van der Waals surface area contributed by atoms with Gasteiger partial charge in [-0.05, 0) is 38.0 Å². The van der Waals surface area contributed by atoms with Crippen LogP contribution in [0.1, 0.15) is 44.8 Å². The first-order valence-electron chi connectivity index (χ1n) is 6.87. The highest BCUT2D eigenvalue weighted by atomic mass is 32.2. The molecule has 0 saturated heterocycles. The third kappa shape index (κ3) is 3.32. The molecule has 0 bridgehead atoms. The van der Waals surface area contributed by atoms with Gasteiger partial charge in [-0.25, -0.2) is 4.98 Å². The molecule has 1 fully saturated rings. The van der Waals surface area contributed by atoms with Crippen LogP contribution in [0.25, 0.3) is 0 Å². The van der Waals surface area contributed by atoms with E-state index in [1.165, 1.54) is 31.0 Å². The highest BCUT2D eigenvalue weighted by Gasteiger charge is 2.27. The van der Waals surface area contributed by atoms with E-state index in [9.17, 15) is 4.79 Å². The van der Waals surface area contributed by atoms with E-state index in [4.69, 9.17) is 5.11 Å². The van der Waals surface area contributed by atoms with Crippen molar-refractivity contribution in [3.05, 3.63) is 11.9 Å². The summed E-state index contributed by atoms with van der Waals surface area (Å²) in [6, 6.07) is 0.477. The normalized spacial score (nSPS) is 27.4. The zero-order valence-electron chi connectivity index (χ0n) is 11.8. The largest absolute Gasteiger partial charge is 0.481 e. The molecular weight excluding hydrogens is 260 g/mol. The number of hydrogen-bond acceptors (Lipinski definition) is 3. The van der Waals surface area contributed by atoms with Crippen molar-refractivity contribution in [1.29, 1.82) is 0 Å². The fourth-order valence-electron chi connectivity index (χ4n) is 2.85. The highest BCUT2D eigenvalue weighted by Crippen LogP contribution is 2.38. The van der Waals surface area contributed by atoms with Gasteiger partial charge in [0, 0.05) is 17.9 Å². The minimum atomic E-state index is -0.789. The second-order valence-electron chi connectivity index (χ2n) is 5.66. The number of imidazole rings is 1. The zero-order valence-corrected chi connectivity index (χ0v) is 12.6. The summed E-state index contributed by atoms with van der Waals surface area (Å²) in [7, 11) is 0. The van der Waals surface area contributed by atoms with Gasteiger partial charge in [-0.3, -0.25) is 4.79 Å². The van der Waals surface area contributed by atoms with Crippen LogP contribution in [0.4, 0.5) is 0 Å². The number of thioether (sulfide) groups is 1. The van der Waals surface area contributed by atoms with Crippen molar-refractivity contribution in [2.45, 2.75) is 51.2 Å². The van der Waals surface area contributed by atoms with Crippen LogP contribution in [0, 0.1) is 18.8 Å². The smallest absolute Gasteiger partial charge is 0.313 e. The zero-order chi connectivity index (χ0) is 14.0. The van der Waals surface area contributed by atoms with Crippen molar-refractivity contribution in [2.75, 3.05) is 5.75 Å². The Morgan fingerprint density at radius 1 is 1.47 bits per heavy atom. The van der Waals surface area contributed by atoms with Gasteiger partial charge in [0.05, 0.1) is 5.75 Å². The Hall–Kier alpha value is -0.970.